The smallest absolute Gasteiger partial charge is 0.343 e. The van der Waals surface area contributed by atoms with Crippen LogP contribution in [0.3, 0.4) is 0 Å². The molecule has 3 N–H and O–H groups in total. The van der Waals surface area contributed by atoms with Gasteiger partial charge in [0.1, 0.15) is 0 Å². The average Bonchev–Trinajstić information content (AvgIpc) is 2.76. The number of hydrogen-bond donors (Lipinski definition) is 3. The molecule has 0 heterocycles. The molecule has 14 heteroatoms. The minimum atomic E-state index is -0.789. The highest BCUT2D eigenvalue weighted by molar-refractivity contribution is 14.1. The summed E-state index contributed by atoms with van der Waals surface area (Å²) < 4.78 is 11.3. The summed E-state index contributed by atoms with van der Waals surface area (Å²) in [5.41, 5.74) is -0.709. The molecule has 0 unspecified atom stereocenters. The van der Waals surface area contributed by atoms with Crippen LogP contribution < -0.4 is 10.6 Å². The topological polar surface area (TPSA) is 148 Å². The monoisotopic (exact) mass is 878 g/mol. The molecule has 0 aromatic heterocycles. The number of anilines is 1. The molecule has 1 aromatic rings. The Balaban J connectivity index is 0.00000122. The fraction of sp³-hybridized carbons (Fsp3) is 0.522. The second kappa shape index (κ2) is 15.6. The van der Waals surface area contributed by atoms with Crippen LogP contribution in [0, 0.1) is 21.5 Å². The Morgan fingerprint density at radius 2 is 1.43 bits per heavy atom. The maximum atomic E-state index is 12.7. The van der Waals surface area contributed by atoms with Crippen molar-refractivity contribution >= 4 is 115 Å². The Morgan fingerprint density at radius 3 is 1.81 bits per heavy atom. The lowest BCUT2D eigenvalue weighted by Crippen LogP contribution is -2.26. The van der Waals surface area contributed by atoms with Crippen molar-refractivity contribution in [1.29, 1.82) is 0 Å². The van der Waals surface area contributed by atoms with Gasteiger partial charge >= 0.3 is 17.9 Å². The Labute approximate surface area is 262 Å². The molecule has 0 saturated carbocycles. The normalized spacial score (nSPS) is 11.0. The van der Waals surface area contributed by atoms with Crippen molar-refractivity contribution in [3.8, 4) is 0 Å². The summed E-state index contributed by atoms with van der Waals surface area (Å²) >= 11 is 11.1. The summed E-state index contributed by atoms with van der Waals surface area (Å²) in [6, 6.07) is 0. The number of halogens is 4. The summed E-state index contributed by atoms with van der Waals surface area (Å²) in [7, 11) is 1.47. The quantitative estimate of drug-likeness (QED) is 0.139. The van der Waals surface area contributed by atoms with E-state index < -0.39 is 41.4 Å². The number of alkyl halides is 1. The largest absolute Gasteiger partial charge is 0.481 e. The van der Waals surface area contributed by atoms with Crippen LogP contribution in [0.2, 0.25) is 0 Å². The van der Waals surface area contributed by atoms with E-state index in [1.807, 2.05) is 67.8 Å². The third-order valence-electron chi connectivity index (χ3n) is 4.57. The number of carbonyl (C=O) groups excluding carboxylic acids is 4. The van der Waals surface area contributed by atoms with Gasteiger partial charge in [0, 0.05) is 23.4 Å². The molecule has 2 amide bonds. The van der Waals surface area contributed by atoms with Crippen LogP contribution in [-0.2, 0) is 23.9 Å². The average molecular weight is 879 g/mol. The molecule has 0 bridgehead atoms. The highest BCUT2D eigenvalue weighted by Gasteiger charge is 2.29. The standard InChI is InChI=1S/C17H19I3N2O6.C6H11ClO2/c1-7(23)22-13-11(19)8(14(24)21-5)10(18)9(12(13)20)15(25)27-6-28-16(26)17(2,3)4;1-6(2,3-4-7)5(8)9/h6H2,1-5H3,(H,21,24)(H,22,23);3-4H2,1-2H3,(H,8,9). The van der Waals surface area contributed by atoms with Gasteiger partial charge in [0.25, 0.3) is 5.91 Å². The Kier molecular flexibility index (Phi) is 15.2. The summed E-state index contributed by atoms with van der Waals surface area (Å²) in [5.74, 6) is -2.44. The van der Waals surface area contributed by atoms with Gasteiger partial charge in [-0.05, 0) is 109 Å². The molecule has 0 aliphatic carbocycles. The highest BCUT2D eigenvalue weighted by atomic mass is 127. The van der Waals surface area contributed by atoms with Crippen molar-refractivity contribution in [2.24, 2.45) is 10.8 Å². The number of aliphatic carboxylic acids is 1. The van der Waals surface area contributed by atoms with E-state index in [1.54, 1.807) is 34.6 Å². The van der Waals surface area contributed by atoms with E-state index in [-0.39, 0.29) is 17.0 Å². The van der Waals surface area contributed by atoms with Crippen LogP contribution in [-0.4, -0.2) is 54.5 Å². The molecular weight excluding hydrogens is 848 g/mol. The molecule has 0 radical (unpaired) electrons. The molecule has 1 rings (SSSR count). The van der Waals surface area contributed by atoms with Gasteiger partial charge in [-0.2, -0.15) is 0 Å². The molecule has 0 aliphatic heterocycles. The molecule has 0 saturated heterocycles. The van der Waals surface area contributed by atoms with Crippen LogP contribution in [0.5, 0.6) is 0 Å². The molecule has 208 valence electrons. The fourth-order valence-corrected chi connectivity index (χ4v) is 7.06. The van der Waals surface area contributed by atoms with E-state index in [0.29, 0.717) is 28.7 Å². The number of ether oxygens (including phenoxy) is 2. The fourth-order valence-electron chi connectivity index (χ4n) is 2.22. The molecule has 0 atom stereocenters. The van der Waals surface area contributed by atoms with E-state index in [1.165, 1.54) is 14.0 Å². The SMILES string of the molecule is CC(C)(CCCl)C(=O)O.CNC(=O)c1c(I)c(NC(C)=O)c(I)c(C(=O)OCOC(=O)C(C)(C)C)c1I. The van der Waals surface area contributed by atoms with Crippen LogP contribution in [0.25, 0.3) is 0 Å². The zero-order chi connectivity index (χ0) is 29.3. The molecular formula is C23H30ClI3N2O8. The summed E-state index contributed by atoms with van der Waals surface area (Å²) in [4.78, 5) is 58.7. The van der Waals surface area contributed by atoms with E-state index >= 15 is 0 Å². The minimum absolute atomic E-state index is 0.107. The van der Waals surface area contributed by atoms with Gasteiger partial charge in [0.05, 0.1) is 34.8 Å². The second-order valence-electron chi connectivity index (χ2n) is 9.19. The number of hydrogen-bond acceptors (Lipinski definition) is 7. The first-order valence-corrected chi connectivity index (χ1v) is 14.4. The molecule has 1 aromatic carbocycles. The van der Waals surface area contributed by atoms with Gasteiger partial charge in [0.15, 0.2) is 0 Å². The third kappa shape index (κ3) is 11.0. The summed E-state index contributed by atoms with van der Waals surface area (Å²) in [5, 5.41) is 13.7. The maximum Gasteiger partial charge on any atom is 0.343 e. The lowest BCUT2D eigenvalue weighted by Gasteiger charge is -2.19. The predicted molar refractivity (Wildman–Crippen MR) is 165 cm³/mol. The van der Waals surface area contributed by atoms with Crippen LogP contribution >= 0.6 is 79.4 Å². The molecule has 0 spiro atoms. The number of rotatable bonds is 8. The van der Waals surface area contributed by atoms with Crippen molar-refractivity contribution in [1.82, 2.24) is 5.32 Å². The van der Waals surface area contributed by atoms with Crippen LogP contribution in [0.4, 0.5) is 5.69 Å². The highest BCUT2D eigenvalue weighted by Crippen LogP contribution is 2.36. The van der Waals surface area contributed by atoms with Gasteiger partial charge in [0.2, 0.25) is 12.7 Å². The summed E-state index contributed by atoms with van der Waals surface area (Å²) in [6.45, 7) is 9.13. The summed E-state index contributed by atoms with van der Waals surface area (Å²) in [6.07, 6.45) is 0.518. The van der Waals surface area contributed by atoms with E-state index in [2.05, 4.69) is 10.6 Å². The van der Waals surface area contributed by atoms with E-state index in [4.69, 9.17) is 26.2 Å². The van der Waals surface area contributed by atoms with Crippen molar-refractivity contribution in [3.05, 3.63) is 21.8 Å². The van der Waals surface area contributed by atoms with Gasteiger partial charge in [-0.3, -0.25) is 19.2 Å². The van der Waals surface area contributed by atoms with Crippen LogP contribution in [0.1, 0.15) is 68.7 Å². The number of carbonyl (C=O) groups is 5. The zero-order valence-electron chi connectivity index (χ0n) is 21.4. The maximum absolute atomic E-state index is 12.7. The zero-order valence-corrected chi connectivity index (χ0v) is 28.7. The lowest BCUT2D eigenvalue weighted by molar-refractivity contribution is -0.161. The van der Waals surface area contributed by atoms with Gasteiger partial charge in [-0.25, -0.2) is 4.79 Å². The number of esters is 2. The van der Waals surface area contributed by atoms with E-state index in [9.17, 15) is 24.0 Å². The van der Waals surface area contributed by atoms with Gasteiger partial charge in [-0.15, -0.1) is 11.6 Å². The van der Waals surface area contributed by atoms with Crippen molar-refractivity contribution in [2.75, 3.05) is 25.0 Å². The predicted octanol–water partition coefficient (Wildman–Crippen LogP) is 5.25. The van der Waals surface area contributed by atoms with Gasteiger partial charge < -0.3 is 25.2 Å². The van der Waals surface area contributed by atoms with Crippen molar-refractivity contribution < 1.29 is 38.6 Å². The minimum Gasteiger partial charge on any atom is -0.481 e. The Hall–Kier alpha value is -0.950. The second-order valence-corrected chi connectivity index (χ2v) is 12.8. The first-order chi connectivity index (χ1) is 16.8. The van der Waals surface area contributed by atoms with E-state index in [0.717, 1.165) is 0 Å². The molecule has 0 aliphatic rings. The number of carboxylic acid groups (broad SMARTS) is 1. The molecule has 37 heavy (non-hydrogen) atoms. The number of benzene rings is 1. The van der Waals surface area contributed by atoms with Crippen molar-refractivity contribution in [3.63, 3.8) is 0 Å². The Morgan fingerprint density at radius 1 is 0.919 bits per heavy atom. The first kappa shape index (κ1) is 36.0. The number of carboxylic acids is 1. The third-order valence-corrected chi connectivity index (χ3v) is 7.99. The lowest BCUT2D eigenvalue weighted by atomic mass is 9.91. The first-order valence-electron chi connectivity index (χ1n) is 10.7. The van der Waals surface area contributed by atoms with Crippen molar-refractivity contribution in [2.45, 2.75) is 48.0 Å². The number of amides is 2. The molecule has 0 fully saturated rings. The van der Waals surface area contributed by atoms with Crippen LogP contribution in [0.15, 0.2) is 0 Å². The number of nitrogens with one attached hydrogen (secondary N) is 2. The Bertz CT molecular complexity index is 1060. The van der Waals surface area contributed by atoms with Gasteiger partial charge in [-0.1, -0.05) is 0 Å². The molecule has 10 nitrogen and oxygen atoms in total.